The number of carbonyl (C=O) groups is 1. The van der Waals surface area contributed by atoms with Crippen LogP contribution in [0.5, 0.6) is 0 Å². The van der Waals surface area contributed by atoms with Gasteiger partial charge in [0.1, 0.15) is 5.82 Å². The quantitative estimate of drug-likeness (QED) is 0.856. The van der Waals surface area contributed by atoms with Gasteiger partial charge in [0, 0.05) is 5.56 Å². The van der Waals surface area contributed by atoms with Crippen LogP contribution >= 0.6 is 0 Å². The van der Waals surface area contributed by atoms with Gasteiger partial charge in [-0.3, -0.25) is 4.79 Å². The van der Waals surface area contributed by atoms with Crippen molar-refractivity contribution in [2.24, 2.45) is 5.92 Å². The van der Waals surface area contributed by atoms with E-state index in [9.17, 15) is 14.3 Å². The fourth-order valence-corrected chi connectivity index (χ4v) is 2.70. The van der Waals surface area contributed by atoms with Crippen LogP contribution in [-0.4, -0.2) is 17.7 Å². The maximum Gasteiger partial charge on any atom is 0.308 e. The Kier molecular flexibility index (Phi) is 4.20. The third kappa shape index (κ3) is 2.95. The summed E-state index contributed by atoms with van der Waals surface area (Å²) in [5.74, 6) is -0.773. The summed E-state index contributed by atoms with van der Waals surface area (Å²) >= 11 is 0. The first-order valence-corrected chi connectivity index (χ1v) is 6.71. The maximum absolute atomic E-state index is 13.7. The van der Waals surface area contributed by atoms with Gasteiger partial charge in [-0.05, 0) is 38.7 Å². The standard InChI is InChI=1S/C15H19FO3/c1-2-19-14(17)11-7-9-15(18,10-8-11)12-5-3-4-6-13(12)16/h3-6,11,18H,2,7-10H2,1H3. The number of hydrogen-bond acceptors (Lipinski definition) is 3. The Balaban J connectivity index is 2.06. The van der Waals surface area contributed by atoms with Gasteiger partial charge in [0.25, 0.3) is 0 Å². The van der Waals surface area contributed by atoms with E-state index in [1.165, 1.54) is 6.07 Å². The van der Waals surface area contributed by atoms with Gasteiger partial charge in [-0.25, -0.2) is 4.39 Å². The lowest BCUT2D eigenvalue weighted by molar-refractivity contribution is -0.151. The summed E-state index contributed by atoms with van der Waals surface area (Å²) in [4.78, 5) is 11.6. The lowest BCUT2D eigenvalue weighted by atomic mass is 9.75. The van der Waals surface area contributed by atoms with Crippen molar-refractivity contribution in [2.45, 2.75) is 38.2 Å². The zero-order valence-corrected chi connectivity index (χ0v) is 11.1. The van der Waals surface area contributed by atoms with Crippen LogP contribution in [0, 0.1) is 11.7 Å². The summed E-state index contributed by atoms with van der Waals surface area (Å²) in [5.41, 5.74) is -0.828. The summed E-state index contributed by atoms with van der Waals surface area (Å²) in [6.45, 7) is 2.14. The molecule has 0 amide bonds. The van der Waals surface area contributed by atoms with E-state index in [0.717, 1.165) is 0 Å². The fraction of sp³-hybridized carbons (Fsp3) is 0.533. The van der Waals surface area contributed by atoms with Crippen molar-refractivity contribution in [1.82, 2.24) is 0 Å². The normalized spacial score (nSPS) is 27.0. The number of halogens is 1. The van der Waals surface area contributed by atoms with Crippen molar-refractivity contribution in [2.75, 3.05) is 6.61 Å². The number of aliphatic hydroxyl groups is 1. The number of benzene rings is 1. The molecule has 3 nitrogen and oxygen atoms in total. The van der Waals surface area contributed by atoms with Crippen molar-refractivity contribution in [3.63, 3.8) is 0 Å². The second-order valence-corrected chi connectivity index (χ2v) is 5.04. The van der Waals surface area contributed by atoms with Crippen LogP contribution in [-0.2, 0) is 15.1 Å². The molecule has 0 bridgehead atoms. The van der Waals surface area contributed by atoms with Crippen molar-refractivity contribution in [1.29, 1.82) is 0 Å². The van der Waals surface area contributed by atoms with Crippen LogP contribution < -0.4 is 0 Å². The molecule has 0 aliphatic heterocycles. The first-order valence-electron chi connectivity index (χ1n) is 6.71. The lowest BCUT2D eigenvalue weighted by Gasteiger charge is -2.35. The fourth-order valence-electron chi connectivity index (χ4n) is 2.70. The third-order valence-corrected chi connectivity index (χ3v) is 3.81. The highest BCUT2D eigenvalue weighted by molar-refractivity contribution is 5.72. The maximum atomic E-state index is 13.7. The lowest BCUT2D eigenvalue weighted by Crippen LogP contribution is -2.35. The molecule has 4 heteroatoms. The molecule has 1 fully saturated rings. The van der Waals surface area contributed by atoms with Crippen LogP contribution in [0.4, 0.5) is 4.39 Å². The van der Waals surface area contributed by atoms with Crippen LogP contribution in [0.15, 0.2) is 24.3 Å². The highest BCUT2D eigenvalue weighted by Gasteiger charge is 2.38. The van der Waals surface area contributed by atoms with Gasteiger partial charge in [-0.15, -0.1) is 0 Å². The number of ether oxygens (including phenoxy) is 1. The Labute approximate surface area is 112 Å². The van der Waals surface area contributed by atoms with E-state index in [2.05, 4.69) is 0 Å². The van der Waals surface area contributed by atoms with Gasteiger partial charge >= 0.3 is 5.97 Å². The van der Waals surface area contributed by atoms with Gasteiger partial charge in [0.2, 0.25) is 0 Å². The molecule has 19 heavy (non-hydrogen) atoms. The summed E-state index contributed by atoms with van der Waals surface area (Å²) in [5, 5.41) is 10.6. The molecule has 2 rings (SSSR count). The summed E-state index contributed by atoms with van der Waals surface area (Å²) in [6, 6.07) is 6.28. The Hall–Kier alpha value is -1.42. The first-order chi connectivity index (χ1) is 9.07. The molecule has 0 unspecified atom stereocenters. The van der Waals surface area contributed by atoms with Crippen molar-refractivity contribution in [3.8, 4) is 0 Å². The molecule has 104 valence electrons. The Morgan fingerprint density at radius 3 is 2.63 bits per heavy atom. The van der Waals surface area contributed by atoms with Crippen molar-refractivity contribution in [3.05, 3.63) is 35.6 Å². The SMILES string of the molecule is CCOC(=O)C1CCC(O)(c2ccccc2F)CC1. The third-order valence-electron chi connectivity index (χ3n) is 3.81. The Morgan fingerprint density at radius 2 is 2.05 bits per heavy atom. The molecule has 1 aromatic rings. The number of esters is 1. The predicted molar refractivity (Wildman–Crippen MR) is 68.9 cm³/mol. The minimum Gasteiger partial charge on any atom is -0.466 e. The number of rotatable bonds is 3. The highest BCUT2D eigenvalue weighted by atomic mass is 19.1. The average Bonchev–Trinajstić information content (AvgIpc) is 2.40. The number of carbonyl (C=O) groups excluding carboxylic acids is 1. The first kappa shape index (κ1) is 14.0. The van der Waals surface area contributed by atoms with Gasteiger partial charge in [-0.1, -0.05) is 18.2 Å². The summed E-state index contributed by atoms with van der Waals surface area (Å²) < 4.78 is 18.7. The van der Waals surface area contributed by atoms with E-state index in [4.69, 9.17) is 4.74 Å². The predicted octanol–water partition coefficient (Wildman–Crippen LogP) is 2.77. The van der Waals surface area contributed by atoms with Gasteiger partial charge in [0.15, 0.2) is 0 Å². The molecule has 0 aromatic heterocycles. The molecule has 1 saturated carbocycles. The second-order valence-electron chi connectivity index (χ2n) is 5.04. The minimum atomic E-state index is -1.16. The molecule has 0 heterocycles. The molecule has 0 spiro atoms. The van der Waals surface area contributed by atoms with Crippen LogP contribution in [0.1, 0.15) is 38.2 Å². The van der Waals surface area contributed by atoms with E-state index >= 15 is 0 Å². The highest BCUT2D eigenvalue weighted by Crippen LogP contribution is 2.40. The Bertz CT molecular complexity index is 450. The summed E-state index contributed by atoms with van der Waals surface area (Å²) in [6.07, 6.45) is 1.84. The second kappa shape index (κ2) is 5.70. The topological polar surface area (TPSA) is 46.5 Å². The monoisotopic (exact) mass is 266 g/mol. The zero-order valence-electron chi connectivity index (χ0n) is 11.1. The van der Waals surface area contributed by atoms with E-state index in [1.807, 2.05) is 0 Å². The van der Waals surface area contributed by atoms with Crippen LogP contribution in [0.2, 0.25) is 0 Å². The van der Waals surface area contributed by atoms with E-state index in [1.54, 1.807) is 25.1 Å². The number of hydrogen-bond donors (Lipinski definition) is 1. The largest absolute Gasteiger partial charge is 0.466 e. The van der Waals surface area contributed by atoms with Gasteiger partial charge in [-0.2, -0.15) is 0 Å². The van der Waals surface area contributed by atoms with Crippen LogP contribution in [0.3, 0.4) is 0 Å². The zero-order chi connectivity index (χ0) is 13.9. The van der Waals surface area contributed by atoms with Crippen molar-refractivity contribution < 1.29 is 19.0 Å². The van der Waals surface area contributed by atoms with E-state index in [-0.39, 0.29) is 17.7 Å². The molecular weight excluding hydrogens is 247 g/mol. The van der Waals surface area contributed by atoms with Gasteiger partial charge in [0.05, 0.1) is 18.1 Å². The minimum absolute atomic E-state index is 0.174. The molecule has 0 saturated heterocycles. The van der Waals surface area contributed by atoms with E-state index < -0.39 is 5.60 Å². The molecule has 1 aromatic carbocycles. The molecule has 1 N–H and O–H groups in total. The molecule has 0 atom stereocenters. The van der Waals surface area contributed by atoms with Gasteiger partial charge < -0.3 is 9.84 Å². The molecule has 0 radical (unpaired) electrons. The molecular formula is C15H19FO3. The average molecular weight is 266 g/mol. The van der Waals surface area contributed by atoms with E-state index in [0.29, 0.717) is 37.9 Å². The smallest absolute Gasteiger partial charge is 0.308 e. The van der Waals surface area contributed by atoms with Crippen LogP contribution in [0.25, 0.3) is 0 Å². The molecule has 1 aliphatic rings. The molecule has 1 aliphatic carbocycles. The van der Waals surface area contributed by atoms with Crippen molar-refractivity contribution >= 4 is 5.97 Å². The Morgan fingerprint density at radius 1 is 1.42 bits per heavy atom. The summed E-state index contributed by atoms with van der Waals surface area (Å²) in [7, 11) is 0.